The Bertz CT molecular complexity index is 1080. The van der Waals surface area contributed by atoms with Gasteiger partial charge < -0.3 is 15.0 Å². The molecule has 1 aliphatic heterocycles. The third-order valence-corrected chi connectivity index (χ3v) is 6.08. The summed E-state index contributed by atoms with van der Waals surface area (Å²) in [6.07, 6.45) is 9.84. The molecule has 2 aliphatic rings. The van der Waals surface area contributed by atoms with Gasteiger partial charge in [-0.1, -0.05) is 31.4 Å². The maximum atomic E-state index is 14.7. The molecule has 3 aromatic rings. The Hall–Kier alpha value is -3.42. The fourth-order valence-electron chi connectivity index (χ4n) is 4.47. The number of anilines is 1. The highest BCUT2D eigenvalue weighted by Crippen LogP contribution is 2.34. The number of hydrogen-bond acceptors (Lipinski definition) is 5. The molecule has 1 amide bonds. The minimum absolute atomic E-state index is 0.0882. The van der Waals surface area contributed by atoms with Crippen molar-refractivity contribution in [1.29, 1.82) is 0 Å². The van der Waals surface area contributed by atoms with Crippen LogP contribution in [0.4, 0.5) is 10.1 Å². The summed E-state index contributed by atoms with van der Waals surface area (Å²) in [5.41, 5.74) is 1.59. The van der Waals surface area contributed by atoms with E-state index in [-0.39, 0.29) is 17.8 Å². The highest BCUT2D eigenvalue weighted by molar-refractivity contribution is 5.83. The Morgan fingerprint density at radius 1 is 1.19 bits per heavy atom. The lowest BCUT2D eigenvalue weighted by Crippen LogP contribution is -2.51. The summed E-state index contributed by atoms with van der Waals surface area (Å²) < 4.78 is 22.1. The summed E-state index contributed by atoms with van der Waals surface area (Å²) in [7, 11) is 0. The van der Waals surface area contributed by atoms with Crippen molar-refractivity contribution in [2.45, 2.75) is 50.8 Å². The topological polar surface area (TPSA) is 72.3 Å². The normalized spacial score (nSPS) is 18.7. The zero-order chi connectivity index (χ0) is 21.9. The number of rotatable bonds is 5. The summed E-state index contributed by atoms with van der Waals surface area (Å²) in [4.78, 5) is 19.3. The standard InChI is InChI=1S/C24H26FN5O2/c25-19-13-17(14-26-23(19)30-12-6-11-27-30)15-29-16-22(32-21-10-5-4-9-20(21)29)24(31)28-18-7-2-1-3-8-18/h4-6,9-14,18,22H,1-3,7-8,15-16H2,(H,28,31). The number of nitrogens with one attached hydrogen (secondary N) is 1. The lowest BCUT2D eigenvalue weighted by molar-refractivity contribution is -0.128. The number of para-hydroxylation sites is 2. The minimum atomic E-state index is -0.618. The first-order valence-corrected chi connectivity index (χ1v) is 11.1. The van der Waals surface area contributed by atoms with Crippen LogP contribution in [0, 0.1) is 5.82 Å². The number of fused-ring (bicyclic) bond motifs is 1. The molecule has 2 aromatic heterocycles. The second kappa shape index (κ2) is 8.98. The molecule has 7 nitrogen and oxygen atoms in total. The Morgan fingerprint density at radius 2 is 2.03 bits per heavy atom. The van der Waals surface area contributed by atoms with Gasteiger partial charge in [-0.3, -0.25) is 4.79 Å². The Morgan fingerprint density at radius 3 is 2.81 bits per heavy atom. The predicted octanol–water partition coefficient (Wildman–Crippen LogP) is 3.62. The Labute approximate surface area is 186 Å². The summed E-state index contributed by atoms with van der Waals surface area (Å²) >= 11 is 0. The number of benzene rings is 1. The van der Waals surface area contributed by atoms with Crippen LogP contribution in [-0.2, 0) is 11.3 Å². The van der Waals surface area contributed by atoms with E-state index in [9.17, 15) is 9.18 Å². The van der Waals surface area contributed by atoms with E-state index in [0.29, 0.717) is 24.4 Å². The first-order valence-electron chi connectivity index (χ1n) is 11.1. The number of pyridine rings is 1. The molecule has 1 aliphatic carbocycles. The second-order valence-corrected chi connectivity index (χ2v) is 8.40. The van der Waals surface area contributed by atoms with E-state index >= 15 is 0 Å². The maximum absolute atomic E-state index is 14.7. The van der Waals surface area contributed by atoms with Crippen molar-refractivity contribution in [2.75, 3.05) is 11.4 Å². The van der Waals surface area contributed by atoms with Crippen LogP contribution in [-0.4, -0.2) is 39.4 Å². The molecule has 32 heavy (non-hydrogen) atoms. The fraction of sp³-hybridized carbons (Fsp3) is 0.375. The van der Waals surface area contributed by atoms with Gasteiger partial charge in [-0.15, -0.1) is 0 Å². The highest BCUT2D eigenvalue weighted by Gasteiger charge is 2.32. The summed E-state index contributed by atoms with van der Waals surface area (Å²) in [6.45, 7) is 0.801. The Kier molecular flexibility index (Phi) is 5.75. The van der Waals surface area contributed by atoms with Crippen LogP contribution in [0.1, 0.15) is 37.7 Å². The molecule has 1 atom stereocenters. The van der Waals surface area contributed by atoms with Gasteiger partial charge in [0.2, 0.25) is 0 Å². The van der Waals surface area contributed by atoms with Gasteiger partial charge in [-0.25, -0.2) is 14.1 Å². The SMILES string of the molecule is O=C(NC1CCCCC1)C1CN(Cc2cnc(-n3cccn3)c(F)c2)c2ccccc2O1. The Balaban J connectivity index is 1.34. The average molecular weight is 436 g/mol. The van der Waals surface area contributed by atoms with Crippen LogP contribution in [0.2, 0.25) is 0 Å². The first kappa shape index (κ1) is 20.5. The van der Waals surface area contributed by atoms with E-state index in [0.717, 1.165) is 31.4 Å². The van der Waals surface area contributed by atoms with E-state index < -0.39 is 11.9 Å². The van der Waals surface area contributed by atoms with E-state index in [1.807, 2.05) is 29.2 Å². The molecule has 1 aromatic carbocycles. The monoisotopic (exact) mass is 435 g/mol. The predicted molar refractivity (Wildman–Crippen MR) is 118 cm³/mol. The molecule has 1 N–H and O–H groups in total. The molecule has 0 bridgehead atoms. The zero-order valence-electron chi connectivity index (χ0n) is 17.8. The van der Waals surface area contributed by atoms with Gasteiger partial charge in [0.05, 0.1) is 12.2 Å². The van der Waals surface area contributed by atoms with Gasteiger partial charge in [0, 0.05) is 31.2 Å². The fourth-order valence-corrected chi connectivity index (χ4v) is 4.47. The number of halogens is 1. The number of nitrogens with zero attached hydrogens (tertiary/aromatic N) is 4. The molecule has 1 saturated carbocycles. The van der Waals surface area contributed by atoms with Gasteiger partial charge in [-0.2, -0.15) is 5.10 Å². The van der Waals surface area contributed by atoms with Crippen molar-refractivity contribution in [3.8, 4) is 11.6 Å². The van der Waals surface area contributed by atoms with Crippen LogP contribution in [0.3, 0.4) is 0 Å². The summed E-state index contributed by atoms with van der Waals surface area (Å²) in [5.74, 6) is 0.282. The lowest BCUT2D eigenvalue weighted by Gasteiger charge is -2.36. The minimum Gasteiger partial charge on any atom is -0.477 e. The van der Waals surface area contributed by atoms with Gasteiger partial charge in [-0.05, 0) is 42.7 Å². The van der Waals surface area contributed by atoms with E-state index in [2.05, 4.69) is 15.4 Å². The average Bonchev–Trinajstić information content (AvgIpc) is 3.34. The molecular weight excluding hydrogens is 409 g/mol. The molecule has 8 heteroatoms. The first-order chi connectivity index (χ1) is 15.7. The number of carbonyl (C=O) groups is 1. The van der Waals surface area contributed by atoms with Gasteiger partial charge in [0.1, 0.15) is 5.75 Å². The maximum Gasteiger partial charge on any atom is 0.263 e. The molecule has 166 valence electrons. The molecule has 1 unspecified atom stereocenters. The molecule has 0 radical (unpaired) electrons. The van der Waals surface area contributed by atoms with Gasteiger partial charge >= 0.3 is 0 Å². The summed E-state index contributed by atoms with van der Waals surface area (Å²) in [5, 5.41) is 7.21. The number of amides is 1. The van der Waals surface area contributed by atoms with Crippen molar-refractivity contribution in [3.63, 3.8) is 0 Å². The number of aromatic nitrogens is 3. The quantitative estimate of drug-likeness (QED) is 0.663. The van der Waals surface area contributed by atoms with E-state index in [1.165, 1.54) is 17.2 Å². The van der Waals surface area contributed by atoms with Crippen molar-refractivity contribution in [2.24, 2.45) is 0 Å². The second-order valence-electron chi connectivity index (χ2n) is 8.40. The lowest BCUT2D eigenvalue weighted by atomic mass is 9.95. The molecule has 0 spiro atoms. The van der Waals surface area contributed by atoms with E-state index in [4.69, 9.17) is 4.74 Å². The molecule has 0 saturated heterocycles. The number of carbonyl (C=O) groups excluding carboxylic acids is 1. The number of hydrogen-bond donors (Lipinski definition) is 1. The summed E-state index contributed by atoms with van der Waals surface area (Å²) in [6, 6.07) is 11.0. The van der Waals surface area contributed by atoms with Crippen molar-refractivity contribution < 1.29 is 13.9 Å². The zero-order valence-corrected chi connectivity index (χ0v) is 17.8. The molecule has 5 rings (SSSR count). The van der Waals surface area contributed by atoms with Crippen molar-refractivity contribution >= 4 is 11.6 Å². The molecule has 1 fully saturated rings. The van der Waals surface area contributed by atoms with E-state index in [1.54, 1.807) is 24.7 Å². The van der Waals surface area contributed by atoms with Gasteiger partial charge in [0.25, 0.3) is 5.91 Å². The molecular formula is C24H26FN5O2. The smallest absolute Gasteiger partial charge is 0.263 e. The number of ether oxygens (including phenoxy) is 1. The third kappa shape index (κ3) is 4.30. The highest BCUT2D eigenvalue weighted by atomic mass is 19.1. The van der Waals surface area contributed by atoms with Crippen LogP contribution in [0.15, 0.2) is 55.0 Å². The van der Waals surface area contributed by atoms with Crippen LogP contribution in [0.25, 0.3) is 5.82 Å². The molecule has 3 heterocycles. The van der Waals surface area contributed by atoms with Crippen LogP contribution < -0.4 is 15.0 Å². The van der Waals surface area contributed by atoms with Gasteiger partial charge in [0.15, 0.2) is 17.7 Å². The van der Waals surface area contributed by atoms with Crippen molar-refractivity contribution in [3.05, 3.63) is 66.4 Å². The van der Waals surface area contributed by atoms with Crippen molar-refractivity contribution in [1.82, 2.24) is 20.1 Å². The largest absolute Gasteiger partial charge is 0.477 e. The third-order valence-electron chi connectivity index (χ3n) is 6.08. The van der Waals surface area contributed by atoms with Crippen LogP contribution >= 0.6 is 0 Å². The van der Waals surface area contributed by atoms with Crippen LogP contribution in [0.5, 0.6) is 5.75 Å².